The lowest BCUT2D eigenvalue weighted by Gasteiger charge is -2.40. The first-order chi connectivity index (χ1) is 17.0. The Labute approximate surface area is 208 Å². The van der Waals surface area contributed by atoms with Gasteiger partial charge in [0.1, 0.15) is 17.7 Å². The van der Waals surface area contributed by atoms with Crippen LogP contribution in [-0.2, 0) is 16.1 Å². The minimum atomic E-state index is -0.447. The highest BCUT2D eigenvalue weighted by Gasteiger charge is 2.72. The standard InChI is InChI=1S/C28H39N5O2/c1-4-35-27(34)25(18(2)3)31-26-22-7-5-6-8-23(22)29-24(30-26)17-32-9-11-33(12-10-32)21-13-19-15-28(19)16-20(28)14-21/h5-8,18-21,25H,4,9-17H2,1-3H3,(H,29,30,31)/t19-,20?,21?,25+,28?/m1/s1. The Kier molecular flexibility index (Phi) is 5.96. The first-order valence-electron chi connectivity index (χ1n) is 13.6. The van der Waals surface area contributed by atoms with Crippen molar-refractivity contribution in [3.05, 3.63) is 30.1 Å². The molecule has 1 N–H and O–H groups in total. The molecule has 1 saturated heterocycles. The molecule has 1 spiro atoms. The van der Waals surface area contributed by atoms with Crippen LogP contribution >= 0.6 is 0 Å². The molecule has 1 aromatic heterocycles. The average molecular weight is 478 g/mol. The summed E-state index contributed by atoms with van der Waals surface area (Å²) in [6.45, 7) is 11.4. The van der Waals surface area contributed by atoms with Crippen LogP contribution in [0.4, 0.5) is 5.82 Å². The highest BCUT2D eigenvalue weighted by molar-refractivity contribution is 5.91. The summed E-state index contributed by atoms with van der Waals surface area (Å²) in [6.07, 6.45) is 5.93. The molecule has 6 rings (SSSR count). The quantitative estimate of drug-likeness (QED) is 0.578. The maximum atomic E-state index is 12.6. The number of aromatic nitrogens is 2. The number of carbonyl (C=O) groups is 1. The van der Waals surface area contributed by atoms with Crippen molar-refractivity contribution in [1.82, 2.24) is 19.8 Å². The van der Waals surface area contributed by atoms with Crippen molar-refractivity contribution in [2.75, 3.05) is 38.1 Å². The number of esters is 1. The van der Waals surface area contributed by atoms with Crippen LogP contribution in [0.1, 0.15) is 52.3 Å². The lowest BCUT2D eigenvalue weighted by molar-refractivity contribution is -0.145. The van der Waals surface area contributed by atoms with Crippen LogP contribution < -0.4 is 5.32 Å². The number of rotatable bonds is 8. The fraction of sp³-hybridized carbons (Fsp3) is 0.679. The number of carbonyl (C=O) groups excluding carboxylic acids is 1. The van der Waals surface area contributed by atoms with Gasteiger partial charge in [-0.25, -0.2) is 14.8 Å². The highest BCUT2D eigenvalue weighted by Crippen LogP contribution is 2.79. The topological polar surface area (TPSA) is 70.6 Å². The molecule has 4 aliphatic rings. The number of nitrogens with one attached hydrogen (secondary N) is 1. The summed E-state index contributed by atoms with van der Waals surface area (Å²) in [5.41, 5.74) is 1.75. The Morgan fingerprint density at radius 1 is 1.11 bits per heavy atom. The number of fused-ring (bicyclic) bond motifs is 1. The number of nitrogens with zero attached hydrogens (tertiary/aromatic N) is 4. The summed E-state index contributed by atoms with van der Waals surface area (Å²) in [5.74, 6) is 3.46. The summed E-state index contributed by atoms with van der Waals surface area (Å²) in [7, 11) is 0. The molecule has 0 amide bonds. The van der Waals surface area contributed by atoms with Gasteiger partial charge in [0.15, 0.2) is 0 Å². The summed E-state index contributed by atoms with van der Waals surface area (Å²) in [5, 5.41) is 4.33. The molecule has 1 aliphatic heterocycles. The van der Waals surface area contributed by atoms with E-state index in [-0.39, 0.29) is 11.9 Å². The van der Waals surface area contributed by atoms with Crippen molar-refractivity contribution in [3.63, 3.8) is 0 Å². The van der Waals surface area contributed by atoms with Crippen LogP contribution in [0.25, 0.3) is 10.9 Å². The lowest BCUT2D eigenvalue weighted by Crippen LogP contribution is -2.50. The Hall–Kier alpha value is -2.25. The Morgan fingerprint density at radius 3 is 2.51 bits per heavy atom. The molecular formula is C28H39N5O2. The van der Waals surface area contributed by atoms with Crippen molar-refractivity contribution in [3.8, 4) is 0 Å². The van der Waals surface area contributed by atoms with Crippen LogP contribution in [0, 0.1) is 23.2 Å². The fourth-order valence-electron chi connectivity index (χ4n) is 6.91. The van der Waals surface area contributed by atoms with Gasteiger partial charge in [0.25, 0.3) is 0 Å². The molecule has 2 heterocycles. The summed E-state index contributed by atoms with van der Waals surface area (Å²) >= 11 is 0. The van der Waals surface area contributed by atoms with Crippen molar-refractivity contribution >= 4 is 22.7 Å². The first kappa shape index (κ1) is 23.2. The predicted molar refractivity (Wildman–Crippen MR) is 137 cm³/mol. The number of benzene rings is 1. The van der Waals surface area contributed by atoms with E-state index >= 15 is 0 Å². The first-order valence-corrected chi connectivity index (χ1v) is 13.6. The van der Waals surface area contributed by atoms with Crippen LogP contribution in [0.15, 0.2) is 24.3 Å². The van der Waals surface area contributed by atoms with E-state index in [4.69, 9.17) is 14.7 Å². The predicted octanol–water partition coefficient (Wildman–Crippen LogP) is 3.94. The largest absolute Gasteiger partial charge is 0.464 e. The van der Waals surface area contributed by atoms with Crippen LogP contribution in [0.5, 0.6) is 0 Å². The van der Waals surface area contributed by atoms with Gasteiger partial charge in [0.05, 0.1) is 18.7 Å². The van der Waals surface area contributed by atoms with E-state index in [0.29, 0.717) is 6.61 Å². The smallest absolute Gasteiger partial charge is 0.328 e. The number of anilines is 1. The minimum Gasteiger partial charge on any atom is -0.464 e. The SMILES string of the molecule is CCOC(=O)[C@@H](Nc1nc(CN2CCN(C3CC4CC45C[C@H]5C3)CC2)nc2ccccc12)C(C)C. The number of para-hydroxylation sites is 1. The van der Waals surface area contributed by atoms with Gasteiger partial charge in [-0.3, -0.25) is 9.80 Å². The second-order valence-corrected chi connectivity index (χ2v) is 11.6. The molecule has 5 atom stereocenters. The number of ether oxygens (including phenoxy) is 1. The van der Waals surface area contributed by atoms with E-state index in [1.165, 1.54) is 25.7 Å². The molecule has 4 fully saturated rings. The van der Waals surface area contributed by atoms with Crippen molar-refractivity contribution in [2.24, 2.45) is 23.2 Å². The van der Waals surface area contributed by atoms with Gasteiger partial charge in [-0.05, 0) is 67.9 Å². The average Bonchev–Trinajstić information content (AvgIpc) is 3.74. The zero-order valence-electron chi connectivity index (χ0n) is 21.4. The van der Waals surface area contributed by atoms with E-state index in [9.17, 15) is 4.79 Å². The summed E-state index contributed by atoms with van der Waals surface area (Å²) in [6, 6.07) is 8.40. The van der Waals surface area contributed by atoms with E-state index < -0.39 is 6.04 Å². The second kappa shape index (κ2) is 9.00. The van der Waals surface area contributed by atoms with Gasteiger partial charge >= 0.3 is 5.97 Å². The van der Waals surface area contributed by atoms with E-state index in [1.54, 1.807) is 0 Å². The zero-order chi connectivity index (χ0) is 24.2. The maximum Gasteiger partial charge on any atom is 0.328 e. The summed E-state index contributed by atoms with van der Waals surface area (Å²) < 4.78 is 5.32. The van der Waals surface area contributed by atoms with Crippen molar-refractivity contribution in [1.29, 1.82) is 0 Å². The second-order valence-electron chi connectivity index (χ2n) is 11.6. The molecule has 0 radical (unpaired) electrons. The third-order valence-electron chi connectivity index (χ3n) is 9.11. The highest BCUT2D eigenvalue weighted by atomic mass is 16.5. The van der Waals surface area contributed by atoms with Crippen LogP contribution in [0.2, 0.25) is 0 Å². The van der Waals surface area contributed by atoms with E-state index in [0.717, 1.165) is 78.6 Å². The maximum absolute atomic E-state index is 12.6. The van der Waals surface area contributed by atoms with Gasteiger partial charge in [-0.15, -0.1) is 0 Å². The number of piperazine rings is 1. The van der Waals surface area contributed by atoms with Gasteiger partial charge < -0.3 is 10.1 Å². The van der Waals surface area contributed by atoms with Gasteiger partial charge in [0, 0.05) is 37.6 Å². The van der Waals surface area contributed by atoms with Gasteiger partial charge in [-0.2, -0.15) is 0 Å². The molecule has 7 heteroatoms. The van der Waals surface area contributed by atoms with E-state index in [2.05, 4.69) is 15.1 Å². The number of hydrogen-bond donors (Lipinski definition) is 1. The molecule has 0 bridgehead atoms. The monoisotopic (exact) mass is 477 g/mol. The van der Waals surface area contributed by atoms with Gasteiger partial charge in [0.2, 0.25) is 0 Å². The molecule has 35 heavy (non-hydrogen) atoms. The molecule has 2 aromatic rings. The molecule has 7 nitrogen and oxygen atoms in total. The third-order valence-corrected chi connectivity index (χ3v) is 9.11. The molecular weight excluding hydrogens is 438 g/mol. The molecule has 3 unspecified atom stereocenters. The van der Waals surface area contributed by atoms with Crippen molar-refractivity contribution in [2.45, 2.75) is 65.1 Å². The molecule has 3 saturated carbocycles. The van der Waals surface area contributed by atoms with E-state index in [1.807, 2.05) is 45.0 Å². The third kappa shape index (κ3) is 4.42. The minimum absolute atomic E-state index is 0.0792. The Bertz CT molecular complexity index is 1080. The van der Waals surface area contributed by atoms with Crippen LogP contribution in [0.3, 0.4) is 0 Å². The fourth-order valence-corrected chi connectivity index (χ4v) is 6.91. The molecule has 3 aliphatic carbocycles. The molecule has 188 valence electrons. The lowest BCUT2D eigenvalue weighted by atomic mass is 9.94. The molecule has 1 aromatic carbocycles. The normalized spacial score (nSPS) is 31.0. The van der Waals surface area contributed by atoms with Crippen LogP contribution in [-0.4, -0.2) is 70.6 Å². The van der Waals surface area contributed by atoms with Crippen molar-refractivity contribution < 1.29 is 9.53 Å². The number of hydrogen-bond acceptors (Lipinski definition) is 7. The van der Waals surface area contributed by atoms with Gasteiger partial charge in [-0.1, -0.05) is 26.0 Å². The Balaban J connectivity index is 1.14. The summed E-state index contributed by atoms with van der Waals surface area (Å²) in [4.78, 5) is 27.6. The zero-order valence-corrected chi connectivity index (χ0v) is 21.4. The Morgan fingerprint density at radius 2 is 1.83 bits per heavy atom.